The third kappa shape index (κ3) is 4.22. The Kier molecular flexibility index (Phi) is 5.36. The van der Waals surface area contributed by atoms with Gasteiger partial charge >= 0.3 is 5.97 Å². The Bertz CT molecular complexity index is 681. The second-order valence-corrected chi connectivity index (χ2v) is 5.03. The average Bonchev–Trinajstić information content (AvgIpc) is 2.51. The van der Waals surface area contributed by atoms with E-state index in [0.29, 0.717) is 13.0 Å². The number of carboxylic acid groups (broad SMARTS) is 1. The molecule has 0 bridgehead atoms. The number of hydrogen-bond donors (Lipinski definition) is 2. The lowest BCUT2D eigenvalue weighted by atomic mass is 10.0. The number of aliphatic carboxylic acids is 1. The van der Waals surface area contributed by atoms with Gasteiger partial charge in [0.1, 0.15) is 5.75 Å². The highest BCUT2D eigenvalue weighted by Crippen LogP contribution is 2.24. The van der Waals surface area contributed by atoms with E-state index in [9.17, 15) is 9.59 Å². The van der Waals surface area contributed by atoms with Crippen molar-refractivity contribution in [2.75, 3.05) is 13.7 Å². The van der Waals surface area contributed by atoms with E-state index in [4.69, 9.17) is 9.84 Å². The van der Waals surface area contributed by atoms with Crippen molar-refractivity contribution in [2.45, 2.75) is 19.3 Å². The van der Waals surface area contributed by atoms with Gasteiger partial charge in [-0.25, -0.2) is 0 Å². The van der Waals surface area contributed by atoms with Crippen LogP contribution in [0.15, 0.2) is 36.4 Å². The van der Waals surface area contributed by atoms with Crippen LogP contribution in [-0.2, 0) is 16.0 Å². The zero-order valence-electron chi connectivity index (χ0n) is 12.5. The summed E-state index contributed by atoms with van der Waals surface area (Å²) in [6.07, 6.45) is 0.758. The molecule has 0 saturated carbocycles. The van der Waals surface area contributed by atoms with Crippen molar-refractivity contribution in [3.05, 3.63) is 42.0 Å². The topological polar surface area (TPSA) is 75.6 Å². The van der Waals surface area contributed by atoms with E-state index in [1.807, 2.05) is 36.4 Å². The molecule has 0 saturated heterocycles. The van der Waals surface area contributed by atoms with Crippen molar-refractivity contribution in [3.63, 3.8) is 0 Å². The maximum Gasteiger partial charge on any atom is 0.303 e. The molecule has 2 aromatic rings. The number of hydrogen-bond acceptors (Lipinski definition) is 3. The summed E-state index contributed by atoms with van der Waals surface area (Å²) in [4.78, 5) is 22.4. The van der Waals surface area contributed by atoms with Crippen LogP contribution in [0.2, 0.25) is 0 Å². The molecule has 0 radical (unpaired) electrons. The van der Waals surface area contributed by atoms with Gasteiger partial charge in [-0.15, -0.1) is 0 Å². The van der Waals surface area contributed by atoms with Gasteiger partial charge in [0, 0.05) is 13.0 Å². The van der Waals surface area contributed by atoms with E-state index >= 15 is 0 Å². The number of amides is 1. The van der Waals surface area contributed by atoms with E-state index < -0.39 is 5.97 Å². The second kappa shape index (κ2) is 7.45. The van der Waals surface area contributed by atoms with Crippen LogP contribution in [0.3, 0.4) is 0 Å². The number of ether oxygens (including phenoxy) is 1. The molecular formula is C17H19NO4. The van der Waals surface area contributed by atoms with Gasteiger partial charge in [0.05, 0.1) is 13.5 Å². The number of rotatable bonds is 7. The van der Waals surface area contributed by atoms with Crippen LogP contribution in [0, 0.1) is 0 Å². The predicted octanol–water partition coefficient (Wildman–Crippen LogP) is 2.37. The summed E-state index contributed by atoms with van der Waals surface area (Å²) in [6.45, 7) is 0.374. The monoisotopic (exact) mass is 301 g/mol. The van der Waals surface area contributed by atoms with E-state index in [1.54, 1.807) is 7.11 Å². The summed E-state index contributed by atoms with van der Waals surface area (Å²) in [5.74, 6) is -0.210. The van der Waals surface area contributed by atoms with E-state index in [-0.39, 0.29) is 18.7 Å². The van der Waals surface area contributed by atoms with Gasteiger partial charge in [0.25, 0.3) is 0 Å². The van der Waals surface area contributed by atoms with Crippen LogP contribution in [-0.4, -0.2) is 30.6 Å². The lowest BCUT2D eigenvalue weighted by molar-refractivity contribution is -0.137. The largest absolute Gasteiger partial charge is 0.497 e. The van der Waals surface area contributed by atoms with Crippen LogP contribution >= 0.6 is 0 Å². The van der Waals surface area contributed by atoms with E-state index in [0.717, 1.165) is 22.1 Å². The first-order valence-corrected chi connectivity index (χ1v) is 7.14. The minimum Gasteiger partial charge on any atom is -0.497 e. The summed E-state index contributed by atoms with van der Waals surface area (Å²) < 4.78 is 5.23. The molecule has 2 rings (SSSR count). The Morgan fingerprint density at radius 2 is 2.05 bits per heavy atom. The molecule has 1 amide bonds. The molecule has 5 heteroatoms. The van der Waals surface area contributed by atoms with Crippen LogP contribution in [0.4, 0.5) is 0 Å². The van der Waals surface area contributed by atoms with Crippen molar-refractivity contribution >= 4 is 22.6 Å². The number of carbonyl (C=O) groups is 2. The molecule has 0 aromatic heterocycles. The van der Waals surface area contributed by atoms with Gasteiger partial charge in [-0.3, -0.25) is 9.59 Å². The molecule has 0 atom stereocenters. The third-order valence-corrected chi connectivity index (χ3v) is 3.42. The molecule has 0 heterocycles. The molecule has 0 aliphatic carbocycles. The van der Waals surface area contributed by atoms with Gasteiger partial charge in [-0.05, 0) is 34.9 Å². The molecule has 116 valence electrons. The predicted molar refractivity (Wildman–Crippen MR) is 84.1 cm³/mol. The van der Waals surface area contributed by atoms with Crippen molar-refractivity contribution in [1.82, 2.24) is 5.32 Å². The van der Waals surface area contributed by atoms with Crippen LogP contribution in [0.1, 0.15) is 18.4 Å². The molecule has 0 unspecified atom stereocenters. The van der Waals surface area contributed by atoms with Crippen LogP contribution < -0.4 is 10.1 Å². The van der Waals surface area contributed by atoms with Crippen molar-refractivity contribution in [1.29, 1.82) is 0 Å². The first-order valence-electron chi connectivity index (χ1n) is 7.14. The lowest BCUT2D eigenvalue weighted by Crippen LogP contribution is -2.26. The minimum atomic E-state index is -0.851. The highest BCUT2D eigenvalue weighted by molar-refractivity contribution is 5.91. The summed E-state index contributed by atoms with van der Waals surface area (Å²) in [7, 11) is 1.61. The smallest absolute Gasteiger partial charge is 0.303 e. The van der Waals surface area contributed by atoms with Gasteiger partial charge in [-0.1, -0.05) is 24.3 Å². The van der Waals surface area contributed by atoms with Crippen LogP contribution in [0.5, 0.6) is 5.75 Å². The van der Waals surface area contributed by atoms with Gasteiger partial charge in [-0.2, -0.15) is 0 Å². The highest BCUT2D eigenvalue weighted by atomic mass is 16.5. The van der Waals surface area contributed by atoms with Crippen molar-refractivity contribution in [3.8, 4) is 5.75 Å². The molecular weight excluding hydrogens is 282 g/mol. The third-order valence-electron chi connectivity index (χ3n) is 3.42. The summed E-state index contributed by atoms with van der Waals surface area (Å²) >= 11 is 0. The fraction of sp³-hybridized carbons (Fsp3) is 0.294. The SMILES string of the molecule is COc1ccc2cccc(CC(=O)NCCCC(=O)O)c2c1. The summed E-state index contributed by atoms with van der Waals surface area (Å²) in [5.41, 5.74) is 0.923. The Balaban J connectivity index is 2.04. The number of benzene rings is 2. The first-order chi connectivity index (χ1) is 10.6. The number of fused-ring (bicyclic) bond motifs is 1. The van der Waals surface area contributed by atoms with Crippen molar-refractivity contribution < 1.29 is 19.4 Å². The normalized spacial score (nSPS) is 10.4. The van der Waals surface area contributed by atoms with Crippen LogP contribution in [0.25, 0.3) is 10.8 Å². The Labute approximate surface area is 128 Å². The molecule has 0 spiro atoms. The zero-order chi connectivity index (χ0) is 15.9. The molecule has 5 nitrogen and oxygen atoms in total. The number of carboxylic acids is 1. The molecule has 2 N–H and O–H groups in total. The quantitative estimate of drug-likeness (QED) is 0.770. The Morgan fingerprint density at radius 3 is 2.77 bits per heavy atom. The number of nitrogens with one attached hydrogen (secondary N) is 1. The fourth-order valence-electron chi connectivity index (χ4n) is 2.30. The van der Waals surface area contributed by atoms with Gasteiger partial charge in [0.2, 0.25) is 5.91 Å². The molecule has 2 aromatic carbocycles. The Morgan fingerprint density at radius 1 is 1.23 bits per heavy atom. The summed E-state index contributed by atoms with van der Waals surface area (Å²) in [6, 6.07) is 11.6. The maximum absolute atomic E-state index is 12.0. The molecule has 0 fully saturated rings. The maximum atomic E-state index is 12.0. The number of carbonyl (C=O) groups excluding carboxylic acids is 1. The molecule has 22 heavy (non-hydrogen) atoms. The standard InChI is InChI=1S/C17H19NO4/c1-22-14-8-7-12-4-2-5-13(15(12)11-14)10-16(19)18-9-3-6-17(20)21/h2,4-5,7-8,11H,3,6,9-10H2,1H3,(H,18,19)(H,20,21). The summed E-state index contributed by atoms with van der Waals surface area (Å²) in [5, 5.41) is 13.3. The van der Waals surface area contributed by atoms with E-state index in [2.05, 4.69) is 5.32 Å². The zero-order valence-corrected chi connectivity index (χ0v) is 12.5. The highest BCUT2D eigenvalue weighted by Gasteiger charge is 2.08. The Hall–Kier alpha value is -2.56. The van der Waals surface area contributed by atoms with E-state index in [1.165, 1.54) is 0 Å². The average molecular weight is 301 g/mol. The van der Waals surface area contributed by atoms with Gasteiger partial charge in [0.15, 0.2) is 0 Å². The first kappa shape index (κ1) is 15.8. The van der Waals surface area contributed by atoms with Crippen molar-refractivity contribution in [2.24, 2.45) is 0 Å². The molecule has 0 aliphatic rings. The lowest BCUT2D eigenvalue weighted by Gasteiger charge is -2.09. The fourth-order valence-corrected chi connectivity index (χ4v) is 2.30. The molecule has 0 aliphatic heterocycles. The number of methoxy groups -OCH3 is 1. The minimum absolute atomic E-state index is 0.0613. The second-order valence-electron chi connectivity index (χ2n) is 5.03. The van der Waals surface area contributed by atoms with Gasteiger partial charge < -0.3 is 15.2 Å².